The molecule has 0 aromatic carbocycles. The molecule has 0 amide bonds. The second-order valence-electron chi connectivity index (χ2n) is 4.35. The van der Waals surface area contributed by atoms with Crippen molar-refractivity contribution in [3.05, 3.63) is 48.8 Å². The zero-order chi connectivity index (χ0) is 18.1. The zero-order valence-electron chi connectivity index (χ0n) is 11.7. The summed E-state index contributed by atoms with van der Waals surface area (Å²) in [5, 5.41) is 49.3. The van der Waals surface area contributed by atoms with Crippen molar-refractivity contribution in [3.8, 4) is 17.3 Å². The van der Waals surface area contributed by atoms with E-state index in [1.54, 1.807) is 0 Å². The van der Waals surface area contributed by atoms with E-state index >= 15 is 0 Å². The summed E-state index contributed by atoms with van der Waals surface area (Å²) < 4.78 is 0.742. The molecule has 0 aliphatic heterocycles. The number of pyridine rings is 1. The van der Waals surface area contributed by atoms with Crippen LogP contribution in [0.5, 0.6) is 0 Å². The van der Waals surface area contributed by atoms with Crippen LogP contribution in [-0.4, -0.2) is 50.2 Å². The van der Waals surface area contributed by atoms with Gasteiger partial charge in [-0.05, 0) is 5.21 Å². The highest BCUT2D eigenvalue weighted by Crippen LogP contribution is 2.30. The number of nitrogens with one attached hydrogen (secondary N) is 1. The molecule has 25 heavy (non-hydrogen) atoms. The van der Waals surface area contributed by atoms with E-state index in [2.05, 4.69) is 30.7 Å². The minimum Gasteiger partial charge on any atom is -0.258 e. The van der Waals surface area contributed by atoms with E-state index in [1.165, 1.54) is 0 Å². The molecule has 0 spiro atoms. The van der Waals surface area contributed by atoms with Crippen LogP contribution in [0.4, 0.5) is 17.1 Å². The Hall–Kier alpha value is -4.37. The van der Waals surface area contributed by atoms with E-state index in [0.717, 1.165) is 17.1 Å². The average Bonchev–Trinajstić information content (AvgIpc) is 3.23. The first kappa shape index (κ1) is 15.5. The van der Waals surface area contributed by atoms with Crippen molar-refractivity contribution in [2.24, 2.45) is 0 Å². The number of nitro groups is 3. The Morgan fingerprint density at radius 1 is 1.04 bits per heavy atom. The summed E-state index contributed by atoms with van der Waals surface area (Å²) in [6, 6.07) is 0.671. The maximum Gasteiger partial charge on any atom is 0.320 e. The van der Waals surface area contributed by atoms with Gasteiger partial charge in [-0.2, -0.15) is 10.3 Å². The van der Waals surface area contributed by atoms with Gasteiger partial charge >= 0.3 is 11.4 Å². The molecular formula is C9H4N10O6. The molecule has 0 aliphatic carbocycles. The lowest BCUT2D eigenvalue weighted by molar-refractivity contribution is -0.394. The first-order valence-electron chi connectivity index (χ1n) is 6.15. The molecule has 0 atom stereocenters. The number of aromatic amines is 1. The SMILES string of the molecule is O=[N+]([O-])c1cnc(-n2cc([N+](=O)[O-])c(-c3nn[nH]n3)n2)c([N+](=O)[O-])c1. The van der Waals surface area contributed by atoms with Gasteiger partial charge in [0.25, 0.3) is 5.69 Å². The molecule has 0 saturated carbocycles. The van der Waals surface area contributed by atoms with Crippen LogP contribution in [0.15, 0.2) is 18.5 Å². The molecular weight excluding hydrogens is 344 g/mol. The third kappa shape index (κ3) is 2.69. The van der Waals surface area contributed by atoms with E-state index in [-0.39, 0.29) is 11.5 Å². The Kier molecular flexibility index (Phi) is 3.53. The summed E-state index contributed by atoms with van der Waals surface area (Å²) in [4.78, 5) is 34.1. The number of aromatic nitrogens is 7. The molecule has 0 aliphatic rings. The highest BCUT2D eigenvalue weighted by atomic mass is 16.6. The summed E-state index contributed by atoms with van der Waals surface area (Å²) in [6.45, 7) is 0. The topological polar surface area (TPSA) is 215 Å². The summed E-state index contributed by atoms with van der Waals surface area (Å²) >= 11 is 0. The molecule has 0 saturated heterocycles. The molecule has 0 unspecified atom stereocenters. The molecule has 16 heteroatoms. The van der Waals surface area contributed by atoms with Crippen molar-refractivity contribution in [2.45, 2.75) is 0 Å². The van der Waals surface area contributed by atoms with E-state index in [0.29, 0.717) is 6.07 Å². The van der Waals surface area contributed by atoms with Crippen molar-refractivity contribution in [2.75, 3.05) is 0 Å². The minimum absolute atomic E-state index is 0.213. The van der Waals surface area contributed by atoms with Crippen molar-refractivity contribution in [1.82, 2.24) is 35.4 Å². The summed E-state index contributed by atoms with van der Waals surface area (Å²) in [6.07, 6.45) is 1.62. The van der Waals surface area contributed by atoms with Crippen LogP contribution in [0.2, 0.25) is 0 Å². The lowest BCUT2D eigenvalue weighted by Crippen LogP contribution is -2.05. The molecule has 0 bridgehead atoms. The molecule has 3 heterocycles. The highest BCUT2D eigenvalue weighted by Gasteiger charge is 2.29. The predicted molar refractivity (Wildman–Crippen MR) is 74.5 cm³/mol. The number of tetrazole rings is 1. The van der Waals surface area contributed by atoms with Crippen molar-refractivity contribution in [1.29, 1.82) is 0 Å². The highest BCUT2D eigenvalue weighted by molar-refractivity contribution is 5.63. The smallest absolute Gasteiger partial charge is 0.258 e. The van der Waals surface area contributed by atoms with Crippen LogP contribution in [-0.2, 0) is 0 Å². The standard InChI is InChI=1S/C9H4N10O6/c20-17(21)4-1-5(18(22)23)9(10-2-4)16-3-6(19(24)25)7(13-16)8-11-14-15-12-8/h1-3H,(H,11,12,14,15). The quantitative estimate of drug-likeness (QED) is 0.484. The fraction of sp³-hybridized carbons (Fsp3) is 0. The lowest BCUT2D eigenvalue weighted by atomic mass is 10.3. The van der Waals surface area contributed by atoms with Crippen LogP contribution in [0.1, 0.15) is 0 Å². The normalized spacial score (nSPS) is 10.6. The maximum atomic E-state index is 11.2. The molecule has 0 radical (unpaired) electrons. The zero-order valence-corrected chi connectivity index (χ0v) is 11.7. The van der Waals surface area contributed by atoms with Crippen LogP contribution in [0, 0.1) is 30.3 Å². The Bertz CT molecular complexity index is 994. The summed E-state index contributed by atoms with van der Waals surface area (Å²) in [7, 11) is 0. The molecule has 126 valence electrons. The molecule has 0 fully saturated rings. The van der Waals surface area contributed by atoms with Gasteiger partial charge in [0.05, 0.1) is 20.8 Å². The molecule has 16 nitrogen and oxygen atoms in total. The van der Waals surface area contributed by atoms with E-state index in [1.807, 2.05) is 0 Å². The van der Waals surface area contributed by atoms with Gasteiger partial charge in [-0.1, -0.05) is 0 Å². The molecule has 3 aromatic heterocycles. The third-order valence-corrected chi connectivity index (χ3v) is 2.91. The van der Waals surface area contributed by atoms with Crippen LogP contribution >= 0.6 is 0 Å². The van der Waals surface area contributed by atoms with Gasteiger partial charge in [-0.3, -0.25) is 30.3 Å². The van der Waals surface area contributed by atoms with Crippen LogP contribution in [0.3, 0.4) is 0 Å². The van der Waals surface area contributed by atoms with Gasteiger partial charge in [0.15, 0.2) is 0 Å². The van der Waals surface area contributed by atoms with E-state index < -0.39 is 37.6 Å². The van der Waals surface area contributed by atoms with Crippen molar-refractivity contribution in [3.63, 3.8) is 0 Å². The third-order valence-electron chi connectivity index (χ3n) is 2.91. The molecule has 1 N–H and O–H groups in total. The van der Waals surface area contributed by atoms with Gasteiger partial charge in [-0.25, -0.2) is 9.67 Å². The fourth-order valence-electron chi connectivity index (χ4n) is 1.87. The Balaban J connectivity index is 2.20. The largest absolute Gasteiger partial charge is 0.320 e. The molecule has 3 aromatic rings. The second-order valence-corrected chi connectivity index (χ2v) is 4.35. The number of nitrogens with zero attached hydrogens (tertiary/aromatic N) is 9. The van der Waals surface area contributed by atoms with Crippen molar-refractivity contribution >= 4 is 17.1 Å². The Morgan fingerprint density at radius 2 is 1.76 bits per heavy atom. The lowest BCUT2D eigenvalue weighted by Gasteiger charge is -2.00. The van der Waals surface area contributed by atoms with Crippen LogP contribution < -0.4 is 0 Å². The van der Waals surface area contributed by atoms with E-state index in [4.69, 9.17) is 0 Å². The Morgan fingerprint density at radius 3 is 2.32 bits per heavy atom. The van der Waals surface area contributed by atoms with Gasteiger partial charge in [0, 0.05) is 0 Å². The number of hydrogen-bond donors (Lipinski definition) is 1. The van der Waals surface area contributed by atoms with Crippen molar-refractivity contribution < 1.29 is 14.8 Å². The minimum atomic E-state index is -0.920. The van der Waals surface area contributed by atoms with Gasteiger partial charge < -0.3 is 0 Å². The molecule has 3 rings (SSSR count). The number of rotatable bonds is 5. The number of hydrogen-bond acceptors (Lipinski definition) is 11. The van der Waals surface area contributed by atoms with Gasteiger partial charge in [0.1, 0.15) is 12.4 Å². The first-order chi connectivity index (χ1) is 11.9. The Labute approximate surface area is 134 Å². The van der Waals surface area contributed by atoms with Crippen LogP contribution in [0.25, 0.3) is 17.3 Å². The fourth-order valence-corrected chi connectivity index (χ4v) is 1.87. The van der Waals surface area contributed by atoms with Gasteiger partial charge in [0.2, 0.25) is 17.3 Å². The number of H-pyrrole nitrogens is 1. The summed E-state index contributed by atoms with van der Waals surface area (Å²) in [5.41, 5.74) is -2.24. The monoisotopic (exact) mass is 348 g/mol. The second kappa shape index (κ2) is 5.68. The average molecular weight is 348 g/mol. The predicted octanol–water partition coefficient (Wildman–Crippen LogP) is 0.172. The first-order valence-corrected chi connectivity index (χ1v) is 6.15. The maximum absolute atomic E-state index is 11.2. The van der Waals surface area contributed by atoms with E-state index in [9.17, 15) is 30.3 Å². The summed E-state index contributed by atoms with van der Waals surface area (Å²) in [5.74, 6) is -0.663. The van der Waals surface area contributed by atoms with Gasteiger partial charge in [-0.15, -0.1) is 10.2 Å².